The van der Waals surface area contributed by atoms with Gasteiger partial charge >= 0.3 is 0 Å². The van der Waals surface area contributed by atoms with Gasteiger partial charge in [0.2, 0.25) is 0 Å². The van der Waals surface area contributed by atoms with Crippen molar-refractivity contribution in [3.05, 3.63) is 42.0 Å². The van der Waals surface area contributed by atoms with Crippen LogP contribution < -0.4 is 4.74 Å². The Morgan fingerprint density at radius 1 is 1.14 bits per heavy atom. The van der Waals surface area contributed by atoms with Crippen molar-refractivity contribution in [3.63, 3.8) is 0 Å². The lowest BCUT2D eigenvalue weighted by Crippen LogP contribution is -2.01. The molecule has 0 fully saturated rings. The van der Waals surface area contributed by atoms with E-state index in [2.05, 4.69) is 13.5 Å². The van der Waals surface area contributed by atoms with Crippen molar-refractivity contribution < 1.29 is 14.3 Å². The summed E-state index contributed by atoms with van der Waals surface area (Å²) in [5.41, 5.74) is 2.39. The molecular weight excluding hydrogens is 264 g/mol. The molecule has 0 unspecified atom stereocenters. The van der Waals surface area contributed by atoms with Crippen LogP contribution >= 0.6 is 0 Å². The first-order chi connectivity index (χ1) is 10.2. The Morgan fingerprint density at radius 3 is 2.48 bits per heavy atom. The number of ether oxygens (including phenoxy) is 2. The van der Waals surface area contributed by atoms with Crippen LogP contribution in [-0.4, -0.2) is 19.7 Å². The number of carbonyl (C=O) groups is 1. The van der Waals surface area contributed by atoms with Gasteiger partial charge < -0.3 is 9.47 Å². The summed E-state index contributed by atoms with van der Waals surface area (Å²) < 4.78 is 10.2. The van der Waals surface area contributed by atoms with Crippen LogP contribution in [0.2, 0.25) is 0 Å². The van der Waals surface area contributed by atoms with Crippen molar-refractivity contribution >= 4 is 5.78 Å². The van der Waals surface area contributed by atoms with E-state index in [1.165, 1.54) is 5.57 Å². The zero-order valence-electron chi connectivity index (χ0n) is 13.2. The first-order valence-corrected chi connectivity index (χ1v) is 7.54. The topological polar surface area (TPSA) is 35.5 Å². The lowest BCUT2D eigenvalue weighted by atomic mass is 10.0. The van der Waals surface area contributed by atoms with Gasteiger partial charge in [-0.1, -0.05) is 31.2 Å². The van der Waals surface area contributed by atoms with Gasteiger partial charge in [-0.05, 0) is 43.4 Å². The van der Waals surface area contributed by atoms with Crippen LogP contribution in [0.25, 0.3) is 0 Å². The smallest absolute Gasteiger partial charge is 0.188 e. The number of ketones is 1. The quantitative estimate of drug-likeness (QED) is 0.450. The predicted molar refractivity (Wildman–Crippen MR) is 85.6 cm³/mol. The van der Waals surface area contributed by atoms with Gasteiger partial charge in [0.05, 0.1) is 0 Å². The fraction of sp³-hybridized carbons (Fsp3) is 0.500. The van der Waals surface area contributed by atoms with Gasteiger partial charge in [-0.3, -0.25) is 4.79 Å². The molecule has 0 aliphatic rings. The average Bonchev–Trinajstić information content (AvgIpc) is 2.51. The Morgan fingerprint density at radius 2 is 1.86 bits per heavy atom. The number of hydrogen-bond acceptors (Lipinski definition) is 3. The number of benzene rings is 1. The van der Waals surface area contributed by atoms with E-state index in [0.29, 0.717) is 18.6 Å². The maximum absolute atomic E-state index is 11.8. The highest BCUT2D eigenvalue weighted by Crippen LogP contribution is 2.15. The lowest BCUT2D eigenvalue weighted by Gasteiger charge is -2.06. The third kappa shape index (κ3) is 7.66. The molecule has 0 saturated carbocycles. The molecule has 0 bridgehead atoms. The molecule has 0 aromatic heterocycles. The molecular formula is C18H26O3. The number of rotatable bonds is 11. The van der Waals surface area contributed by atoms with E-state index in [4.69, 9.17) is 9.47 Å². The molecule has 0 radical (unpaired) electrons. The summed E-state index contributed by atoms with van der Waals surface area (Å²) in [6.45, 7) is 6.31. The van der Waals surface area contributed by atoms with E-state index in [0.717, 1.165) is 37.0 Å². The van der Waals surface area contributed by atoms with Gasteiger partial charge in [0, 0.05) is 20.0 Å². The highest BCUT2D eigenvalue weighted by atomic mass is 16.7. The molecule has 0 amide bonds. The molecule has 1 aromatic rings. The van der Waals surface area contributed by atoms with Gasteiger partial charge in [-0.25, -0.2) is 0 Å². The minimum atomic E-state index is 0.251. The Labute approximate surface area is 128 Å². The van der Waals surface area contributed by atoms with E-state index >= 15 is 0 Å². The van der Waals surface area contributed by atoms with Crippen molar-refractivity contribution in [2.24, 2.45) is 0 Å². The zero-order valence-corrected chi connectivity index (χ0v) is 13.2. The maximum atomic E-state index is 11.8. The molecule has 0 heterocycles. The number of methoxy groups -OCH3 is 1. The molecule has 3 nitrogen and oxygen atoms in total. The summed E-state index contributed by atoms with van der Waals surface area (Å²) in [6, 6.07) is 7.81. The zero-order chi connectivity index (χ0) is 15.5. The number of allylic oxidation sites excluding steroid dienone is 1. The number of carbonyl (C=O) groups excluding carboxylic acids is 1. The van der Waals surface area contributed by atoms with Crippen LogP contribution in [0.4, 0.5) is 0 Å². The predicted octanol–water partition coefficient (Wildman–Crippen LogP) is 4.31. The molecule has 3 heteroatoms. The summed E-state index contributed by atoms with van der Waals surface area (Å²) >= 11 is 0. The van der Waals surface area contributed by atoms with E-state index in [9.17, 15) is 4.79 Å². The Balaban J connectivity index is 2.24. The van der Waals surface area contributed by atoms with E-state index in [1.54, 1.807) is 7.11 Å². The highest BCUT2D eigenvalue weighted by Gasteiger charge is 2.04. The first-order valence-electron chi connectivity index (χ1n) is 7.54. The summed E-state index contributed by atoms with van der Waals surface area (Å²) in [7, 11) is 1.59. The second-order valence-corrected chi connectivity index (χ2v) is 5.19. The molecule has 0 aliphatic heterocycles. The molecule has 1 aromatic carbocycles. The number of hydrogen-bond donors (Lipinski definition) is 0. The molecule has 0 saturated heterocycles. The SMILES string of the molecule is C=C(CC)CCCC(=O)CCc1ccc(OCOC)cc1. The summed E-state index contributed by atoms with van der Waals surface area (Å²) in [5, 5.41) is 0. The van der Waals surface area contributed by atoms with Gasteiger partial charge in [-0.2, -0.15) is 0 Å². The normalized spacial score (nSPS) is 10.4. The standard InChI is InChI=1S/C18H26O3/c1-4-15(2)6-5-7-17(19)11-8-16-9-12-18(13-10-16)21-14-20-3/h9-10,12-13H,2,4-8,11,14H2,1,3H3. The van der Waals surface area contributed by atoms with Gasteiger partial charge in [0.25, 0.3) is 0 Å². The third-order valence-corrected chi connectivity index (χ3v) is 3.45. The van der Waals surface area contributed by atoms with Crippen molar-refractivity contribution in [3.8, 4) is 5.75 Å². The third-order valence-electron chi connectivity index (χ3n) is 3.45. The van der Waals surface area contributed by atoms with Crippen LogP contribution in [0.1, 0.15) is 44.6 Å². The van der Waals surface area contributed by atoms with Crippen molar-refractivity contribution in [2.45, 2.75) is 45.4 Å². The molecule has 21 heavy (non-hydrogen) atoms. The highest BCUT2D eigenvalue weighted by molar-refractivity contribution is 5.78. The minimum absolute atomic E-state index is 0.251. The van der Waals surface area contributed by atoms with Crippen molar-refractivity contribution in [1.29, 1.82) is 0 Å². The second-order valence-electron chi connectivity index (χ2n) is 5.19. The van der Waals surface area contributed by atoms with Crippen LogP contribution in [0.15, 0.2) is 36.4 Å². The minimum Gasteiger partial charge on any atom is -0.468 e. The summed E-state index contributed by atoms with van der Waals surface area (Å²) in [6.07, 6.45) is 4.96. The Hall–Kier alpha value is -1.61. The number of Topliss-reactive ketones (excluding diaryl/α,β-unsaturated/α-hetero) is 1. The van der Waals surface area contributed by atoms with Crippen LogP contribution in [0, 0.1) is 0 Å². The van der Waals surface area contributed by atoms with Gasteiger partial charge in [0.15, 0.2) is 6.79 Å². The fourth-order valence-electron chi connectivity index (χ4n) is 2.00. The van der Waals surface area contributed by atoms with E-state index in [-0.39, 0.29) is 6.79 Å². The number of aryl methyl sites for hydroxylation is 1. The van der Waals surface area contributed by atoms with E-state index in [1.807, 2.05) is 24.3 Å². The van der Waals surface area contributed by atoms with Gasteiger partial charge in [0.1, 0.15) is 11.5 Å². The van der Waals surface area contributed by atoms with Crippen LogP contribution in [0.3, 0.4) is 0 Å². The Bertz CT molecular complexity index is 434. The molecule has 0 atom stereocenters. The van der Waals surface area contributed by atoms with E-state index < -0.39 is 0 Å². The first kappa shape index (κ1) is 17.4. The monoisotopic (exact) mass is 290 g/mol. The summed E-state index contributed by atoms with van der Waals surface area (Å²) in [5.74, 6) is 1.11. The molecule has 0 spiro atoms. The average molecular weight is 290 g/mol. The fourth-order valence-corrected chi connectivity index (χ4v) is 2.00. The summed E-state index contributed by atoms with van der Waals surface area (Å²) in [4.78, 5) is 11.8. The van der Waals surface area contributed by atoms with Crippen molar-refractivity contribution in [2.75, 3.05) is 13.9 Å². The largest absolute Gasteiger partial charge is 0.468 e. The van der Waals surface area contributed by atoms with Crippen LogP contribution in [-0.2, 0) is 16.0 Å². The maximum Gasteiger partial charge on any atom is 0.188 e. The van der Waals surface area contributed by atoms with Gasteiger partial charge in [-0.15, -0.1) is 0 Å². The second kappa shape index (κ2) is 10.2. The molecule has 1 rings (SSSR count). The molecule has 0 N–H and O–H groups in total. The Kier molecular flexibility index (Phi) is 8.44. The molecule has 116 valence electrons. The molecule has 0 aliphatic carbocycles. The lowest BCUT2D eigenvalue weighted by molar-refractivity contribution is -0.119. The van der Waals surface area contributed by atoms with Crippen molar-refractivity contribution in [1.82, 2.24) is 0 Å². The van der Waals surface area contributed by atoms with Crippen LogP contribution in [0.5, 0.6) is 5.75 Å².